The Balaban J connectivity index is 0.000000312. The second kappa shape index (κ2) is 20.5. The fourth-order valence-corrected chi connectivity index (χ4v) is 6.63. The van der Waals surface area contributed by atoms with Crippen LogP contribution in [0.1, 0.15) is 69.2 Å². The maximum Gasteiger partial charge on any atom is 0.345 e. The van der Waals surface area contributed by atoms with Crippen LogP contribution in [0, 0.1) is 35.5 Å². The number of imide groups is 2. The van der Waals surface area contributed by atoms with Gasteiger partial charge in [0.2, 0.25) is 17.7 Å². The molecule has 0 saturated carbocycles. The first-order chi connectivity index (χ1) is 23.1. The average Bonchev–Trinajstić information content (AvgIpc) is 3.78. The Bertz CT molecular complexity index is 1180. The molecule has 5 aliphatic rings. The van der Waals surface area contributed by atoms with E-state index in [1.54, 1.807) is 13.8 Å². The third-order valence-corrected chi connectivity index (χ3v) is 10.3. The van der Waals surface area contributed by atoms with Crippen molar-refractivity contribution in [3.05, 3.63) is 0 Å². The van der Waals surface area contributed by atoms with Crippen molar-refractivity contribution in [2.24, 2.45) is 35.5 Å². The van der Waals surface area contributed by atoms with E-state index in [9.17, 15) is 38.4 Å². The maximum atomic E-state index is 11.0. The van der Waals surface area contributed by atoms with Gasteiger partial charge >= 0.3 is 12.0 Å². The number of hydroxylamine groups is 1. The highest BCUT2D eigenvalue weighted by Gasteiger charge is 2.38. The summed E-state index contributed by atoms with van der Waals surface area (Å²) >= 11 is 12.1. The lowest BCUT2D eigenvalue weighted by Crippen LogP contribution is -2.33. The van der Waals surface area contributed by atoms with E-state index in [4.69, 9.17) is 24.4 Å². The molecule has 0 aromatic heterocycles. The van der Waals surface area contributed by atoms with Crippen LogP contribution < -0.4 is 37.4 Å². The first-order valence-electron chi connectivity index (χ1n) is 15.8. The van der Waals surface area contributed by atoms with Crippen LogP contribution in [0.3, 0.4) is 0 Å². The van der Waals surface area contributed by atoms with E-state index < -0.39 is 11.9 Å². The minimum absolute atomic E-state index is 0.00926. The number of amides is 8. The molecule has 20 heteroatoms. The van der Waals surface area contributed by atoms with Gasteiger partial charge in [0, 0.05) is 0 Å². The van der Waals surface area contributed by atoms with Crippen LogP contribution in [0.4, 0.5) is 9.59 Å². The number of thiocarbonyl (C=S) groups is 2. The molecule has 7 N–H and O–H groups in total. The van der Waals surface area contributed by atoms with Crippen LogP contribution in [0.2, 0.25) is 0 Å². The highest BCUT2D eigenvalue weighted by molar-refractivity contribution is 8.24. The Morgan fingerprint density at radius 1 is 0.540 bits per heavy atom. The summed E-state index contributed by atoms with van der Waals surface area (Å²) in [7, 11) is 0. The van der Waals surface area contributed by atoms with Crippen molar-refractivity contribution in [2.75, 3.05) is 0 Å². The van der Waals surface area contributed by atoms with Crippen molar-refractivity contribution in [3.63, 3.8) is 0 Å². The molecule has 5 unspecified atom stereocenters. The smallest absolute Gasteiger partial charge is 0.345 e. The quantitative estimate of drug-likeness (QED) is 0.120. The second-order valence-corrected chi connectivity index (χ2v) is 16.4. The van der Waals surface area contributed by atoms with E-state index in [2.05, 4.69) is 36.7 Å². The normalized spacial score (nSPS) is 25.2. The molecule has 0 bridgehead atoms. The summed E-state index contributed by atoms with van der Waals surface area (Å²) in [5.41, 5.74) is 2.01. The second-order valence-electron chi connectivity index (χ2n) is 13.1. The Morgan fingerprint density at radius 2 is 1.02 bits per heavy atom. The van der Waals surface area contributed by atoms with Gasteiger partial charge in [-0.25, -0.2) is 9.59 Å². The van der Waals surface area contributed by atoms with Crippen LogP contribution in [-0.4, -0.2) is 78.8 Å². The lowest BCUT2D eigenvalue weighted by Gasteiger charge is -2.10. The van der Waals surface area contributed by atoms with Gasteiger partial charge in [-0.05, 0) is 41.8 Å². The third-order valence-electron chi connectivity index (χ3n) is 7.05. The van der Waals surface area contributed by atoms with E-state index in [0.29, 0.717) is 21.3 Å². The number of hydrogen-bond donors (Lipinski definition) is 7. The lowest BCUT2D eigenvalue weighted by atomic mass is 9.96. The molecule has 280 valence electrons. The van der Waals surface area contributed by atoms with Crippen molar-refractivity contribution in [2.45, 2.75) is 91.8 Å². The molecular weight excluding hydrogens is 731 g/mol. The summed E-state index contributed by atoms with van der Waals surface area (Å²) in [6, 6.07) is -0.858. The summed E-state index contributed by atoms with van der Waals surface area (Å²) < 4.78 is 0.615. The van der Waals surface area contributed by atoms with Gasteiger partial charge in [-0.2, -0.15) is 5.48 Å². The summed E-state index contributed by atoms with van der Waals surface area (Å²) in [6.45, 7) is 19.2. The van der Waals surface area contributed by atoms with E-state index in [0.717, 1.165) is 11.8 Å². The van der Waals surface area contributed by atoms with Gasteiger partial charge in [-0.15, -0.1) is 0 Å². The molecule has 0 aliphatic carbocycles. The Kier molecular flexibility index (Phi) is 18.3. The van der Waals surface area contributed by atoms with E-state index in [-0.39, 0.29) is 81.1 Å². The molecule has 5 rings (SSSR count). The van der Waals surface area contributed by atoms with Crippen LogP contribution in [0.5, 0.6) is 0 Å². The van der Waals surface area contributed by atoms with Crippen LogP contribution in [0.25, 0.3) is 0 Å². The van der Waals surface area contributed by atoms with Gasteiger partial charge in [-0.1, -0.05) is 105 Å². The van der Waals surface area contributed by atoms with Crippen molar-refractivity contribution in [1.29, 1.82) is 0 Å². The monoisotopic (exact) mass is 777 g/mol. The fraction of sp³-hybridized carbons (Fsp3) is 0.667. The zero-order valence-corrected chi connectivity index (χ0v) is 32.8. The van der Waals surface area contributed by atoms with Crippen LogP contribution in [-0.2, 0) is 33.6 Å². The van der Waals surface area contributed by atoms with Gasteiger partial charge in [0.15, 0.2) is 5.11 Å². The molecule has 5 heterocycles. The first kappa shape index (κ1) is 44.7. The van der Waals surface area contributed by atoms with E-state index in [1.807, 2.05) is 60.9 Å². The minimum atomic E-state index is -0.611. The number of carbonyl (C=O) groups is 8. The molecule has 0 radical (unpaired) electrons. The molecule has 50 heavy (non-hydrogen) atoms. The number of urea groups is 1. The molecule has 5 fully saturated rings. The van der Waals surface area contributed by atoms with Crippen molar-refractivity contribution in [1.82, 2.24) is 37.4 Å². The molecule has 5 aliphatic heterocycles. The molecule has 5 saturated heterocycles. The minimum Gasteiger partial charge on any atom is -0.350 e. The van der Waals surface area contributed by atoms with Crippen molar-refractivity contribution >= 4 is 104 Å². The largest absolute Gasteiger partial charge is 0.350 e. The van der Waals surface area contributed by atoms with E-state index >= 15 is 0 Å². The molecule has 0 aromatic carbocycles. The molecular formula is C30H47N7O9S4. The fourth-order valence-electron chi connectivity index (χ4n) is 4.33. The van der Waals surface area contributed by atoms with Gasteiger partial charge in [0.25, 0.3) is 17.1 Å². The third kappa shape index (κ3) is 14.1. The van der Waals surface area contributed by atoms with Crippen LogP contribution in [0.15, 0.2) is 0 Å². The molecule has 0 spiro atoms. The van der Waals surface area contributed by atoms with Crippen molar-refractivity contribution < 1.29 is 43.2 Å². The average molecular weight is 778 g/mol. The van der Waals surface area contributed by atoms with Gasteiger partial charge in [0.05, 0.1) is 10.5 Å². The number of hydrogen-bond acceptors (Lipinski definition) is 13. The first-order valence-corrected chi connectivity index (χ1v) is 18.4. The predicted octanol–water partition coefficient (Wildman–Crippen LogP) is 1.87. The summed E-state index contributed by atoms with van der Waals surface area (Å²) in [4.78, 5) is 90.6. The Labute approximate surface area is 310 Å². The predicted molar refractivity (Wildman–Crippen MR) is 197 cm³/mol. The molecule has 0 aromatic rings. The number of rotatable bonds is 5. The highest BCUT2D eigenvalue weighted by atomic mass is 32.2. The molecule has 5 atom stereocenters. The number of thioether (sulfide) groups is 2. The van der Waals surface area contributed by atoms with E-state index in [1.165, 1.54) is 11.8 Å². The van der Waals surface area contributed by atoms with Crippen LogP contribution >= 0.6 is 48.0 Å². The zero-order valence-electron chi connectivity index (χ0n) is 29.6. The maximum absolute atomic E-state index is 11.0. The molecule has 8 amide bonds. The van der Waals surface area contributed by atoms with Crippen molar-refractivity contribution in [3.8, 4) is 0 Å². The lowest BCUT2D eigenvalue weighted by molar-refractivity contribution is -0.146. The zero-order chi connectivity index (χ0) is 38.6. The standard InChI is InChI=1S/C6H10N2O2.C6H10N2OS.C6H9NO3.C6H9NO2S.C6H9NOS2/c2*1-3(2)4-5(9)8-6(10)7-4;1-3(2)4-5(8)7-10-6(4)9;2*1-3(2)4-5(8)7-6(9)10-4/h2*3-4H,1-2H3,(H2,7,8,9,10);3-4H,1-2H3,(H,7,8);2*3-4H,1-2H3,(H,7,8,9). The summed E-state index contributed by atoms with van der Waals surface area (Å²) in [5.74, 6) is -0.682. The number of nitrogens with one attached hydrogen (secondary N) is 7. The molecule has 16 nitrogen and oxygen atoms in total. The van der Waals surface area contributed by atoms with Gasteiger partial charge < -0.3 is 26.1 Å². The summed E-state index contributed by atoms with van der Waals surface area (Å²) in [5, 5.41) is 15.0. The van der Waals surface area contributed by atoms with Gasteiger partial charge in [0.1, 0.15) is 22.3 Å². The number of carbonyl (C=O) groups excluding carboxylic acids is 8. The van der Waals surface area contributed by atoms with Gasteiger partial charge in [-0.3, -0.25) is 39.4 Å². The highest BCUT2D eigenvalue weighted by Crippen LogP contribution is 2.26. The summed E-state index contributed by atoms with van der Waals surface area (Å²) in [6.07, 6.45) is 0. The topological polar surface area (TPSA) is 230 Å². The Hall–Kier alpha value is -3.36. The SMILES string of the molecule is CC(C)C1C(=O)NOC1=O.CC(C)C1NC(=O)NC1=O.CC(C)C1NC(=S)NC1=O.CC(C)C1SC(=O)NC1=O.CC(C)C1SC(=S)NC1=O. The Morgan fingerprint density at radius 3 is 1.22 bits per heavy atom.